The molecule has 94 valence electrons. The molecular weight excluding hydrogens is 260 g/mol. The van der Waals surface area contributed by atoms with Crippen LogP contribution in [0, 0.1) is 6.92 Å². The fraction of sp³-hybridized carbons (Fsp3) is 0.0667. The number of fused-ring (bicyclic) bond motifs is 1. The quantitative estimate of drug-likeness (QED) is 0.648. The van der Waals surface area contributed by atoms with Crippen LogP contribution >= 0.6 is 11.6 Å². The normalized spacial score (nSPS) is 10.6. The molecule has 3 aromatic rings. The Morgan fingerprint density at radius 2 is 1.79 bits per heavy atom. The summed E-state index contributed by atoms with van der Waals surface area (Å²) >= 11 is 5.85. The Bertz CT molecular complexity index is 743. The van der Waals surface area contributed by atoms with E-state index in [1.807, 2.05) is 37.3 Å². The SMILES string of the molecule is Cc1ccc2cccc(Oc3cccc(Cl)n3)c2n1. The van der Waals surface area contributed by atoms with E-state index >= 15 is 0 Å². The lowest BCUT2D eigenvalue weighted by molar-refractivity contribution is 0.467. The zero-order valence-corrected chi connectivity index (χ0v) is 11.1. The summed E-state index contributed by atoms with van der Waals surface area (Å²) in [6.45, 7) is 1.95. The first kappa shape index (κ1) is 11.9. The third-order valence-corrected chi connectivity index (χ3v) is 2.94. The van der Waals surface area contributed by atoms with Crippen LogP contribution in [0.1, 0.15) is 5.69 Å². The predicted molar refractivity (Wildman–Crippen MR) is 75.8 cm³/mol. The maximum Gasteiger partial charge on any atom is 0.220 e. The molecule has 0 aliphatic heterocycles. The number of benzene rings is 1. The van der Waals surface area contributed by atoms with E-state index in [1.54, 1.807) is 18.2 Å². The monoisotopic (exact) mass is 270 g/mol. The van der Waals surface area contributed by atoms with E-state index < -0.39 is 0 Å². The van der Waals surface area contributed by atoms with Crippen molar-refractivity contribution >= 4 is 22.5 Å². The Morgan fingerprint density at radius 3 is 2.63 bits per heavy atom. The Kier molecular flexibility index (Phi) is 3.05. The predicted octanol–water partition coefficient (Wildman–Crippen LogP) is 4.38. The minimum atomic E-state index is 0.405. The highest BCUT2D eigenvalue weighted by Gasteiger charge is 2.06. The van der Waals surface area contributed by atoms with Crippen molar-refractivity contribution < 1.29 is 4.74 Å². The number of halogens is 1. The summed E-state index contributed by atoms with van der Waals surface area (Å²) < 4.78 is 5.77. The van der Waals surface area contributed by atoms with Gasteiger partial charge in [-0.2, -0.15) is 0 Å². The molecule has 2 heterocycles. The molecular formula is C15H11ClN2O. The van der Waals surface area contributed by atoms with Gasteiger partial charge in [-0.1, -0.05) is 35.9 Å². The molecule has 19 heavy (non-hydrogen) atoms. The van der Waals surface area contributed by atoms with Crippen molar-refractivity contribution in [3.8, 4) is 11.6 Å². The number of aromatic nitrogens is 2. The minimum Gasteiger partial charge on any atom is -0.437 e. The van der Waals surface area contributed by atoms with Gasteiger partial charge in [0.2, 0.25) is 5.88 Å². The van der Waals surface area contributed by atoms with Crippen molar-refractivity contribution in [2.24, 2.45) is 0 Å². The average Bonchev–Trinajstić information content (AvgIpc) is 2.39. The van der Waals surface area contributed by atoms with Crippen LogP contribution in [0.5, 0.6) is 11.6 Å². The van der Waals surface area contributed by atoms with Gasteiger partial charge < -0.3 is 4.74 Å². The number of para-hydroxylation sites is 1. The molecule has 0 amide bonds. The van der Waals surface area contributed by atoms with Gasteiger partial charge in [-0.25, -0.2) is 9.97 Å². The molecule has 0 N–H and O–H groups in total. The highest BCUT2D eigenvalue weighted by atomic mass is 35.5. The highest BCUT2D eigenvalue weighted by molar-refractivity contribution is 6.29. The zero-order chi connectivity index (χ0) is 13.2. The Hall–Kier alpha value is -2.13. The van der Waals surface area contributed by atoms with Crippen molar-refractivity contribution in [3.63, 3.8) is 0 Å². The van der Waals surface area contributed by atoms with Gasteiger partial charge in [0, 0.05) is 17.1 Å². The van der Waals surface area contributed by atoms with Gasteiger partial charge in [0.05, 0.1) is 0 Å². The summed E-state index contributed by atoms with van der Waals surface area (Å²) in [4.78, 5) is 8.62. The lowest BCUT2D eigenvalue weighted by Gasteiger charge is -2.08. The molecule has 3 rings (SSSR count). The van der Waals surface area contributed by atoms with E-state index in [1.165, 1.54) is 0 Å². The fourth-order valence-corrected chi connectivity index (χ4v) is 2.01. The smallest absolute Gasteiger partial charge is 0.220 e. The van der Waals surface area contributed by atoms with Gasteiger partial charge in [0.1, 0.15) is 10.7 Å². The molecule has 1 aromatic carbocycles. The Balaban J connectivity index is 2.07. The first-order valence-corrected chi connectivity index (χ1v) is 6.27. The molecule has 0 spiro atoms. The van der Waals surface area contributed by atoms with Crippen LogP contribution < -0.4 is 4.74 Å². The molecule has 0 radical (unpaired) electrons. The first-order valence-electron chi connectivity index (χ1n) is 5.89. The van der Waals surface area contributed by atoms with Crippen LogP contribution in [0.15, 0.2) is 48.5 Å². The van der Waals surface area contributed by atoms with E-state index in [4.69, 9.17) is 16.3 Å². The number of rotatable bonds is 2. The second-order valence-corrected chi connectivity index (χ2v) is 4.57. The van der Waals surface area contributed by atoms with Crippen molar-refractivity contribution in [1.29, 1.82) is 0 Å². The number of hydrogen-bond acceptors (Lipinski definition) is 3. The van der Waals surface area contributed by atoms with Crippen molar-refractivity contribution in [2.75, 3.05) is 0 Å². The third kappa shape index (κ3) is 2.51. The first-order chi connectivity index (χ1) is 9.22. The van der Waals surface area contributed by atoms with Crippen LogP contribution in [0.3, 0.4) is 0 Å². The van der Waals surface area contributed by atoms with Crippen LogP contribution in [0.25, 0.3) is 10.9 Å². The highest BCUT2D eigenvalue weighted by Crippen LogP contribution is 2.28. The van der Waals surface area contributed by atoms with Crippen LogP contribution in [-0.2, 0) is 0 Å². The lowest BCUT2D eigenvalue weighted by Crippen LogP contribution is -1.91. The fourth-order valence-electron chi connectivity index (χ4n) is 1.86. The molecule has 4 heteroatoms. The standard InChI is InChI=1S/C15H11ClN2O/c1-10-8-9-11-4-2-5-12(15(11)17-10)19-14-7-3-6-13(16)18-14/h2-9H,1H3. The van der Waals surface area contributed by atoms with E-state index in [0.29, 0.717) is 16.8 Å². The number of ether oxygens (including phenoxy) is 1. The molecule has 0 saturated carbocycles. The summed E-state index contributed by atoms with van der Waals surface area (Å²) in [5, 5.41) is 1.44. The lowest BCUT2D eigenvalue weighted by atomic mass is 10.2. The number of pyridine rings is 2. The van der Waals surface area contributed by atoms with Crippen LogP contribution in [0.2, 0.25) is 5.15 Å². The second-order valence-electron chi connectivity index (χ2n) is 4.18. The number of nitrogens with zero attached hydrogens (tertiary/aromatic N) is 2. The maximum absolute atomic E-state index is 5.85. The molecule has 0 atom stereocenters. The van der Waals surface area contributed by atoms with E-state index in [9.17, 15) is 0 Å². The third-order valence-electron chi connectivity index (χ3n) is 2.73. The van der Waals surface area contributed by atoms with Crippen molar-refractivity contribution in [1.82, 2.24) is 9.97 Å². The summed E-state index contributed by atoms with van der Waals surface area (Å²) in [6, 6.07) is 15.1. The van der Waals surface area contributed by atoms with Gasteiger partial charge in [0.25, 0.3) is 0 Å². The number of hydrogen-bond donors (Lipinski definition) is 0. The Morgan fingerprint density at radius 1 is 0.947 bits per heavy atom. The van der Waals surface area contributed by atoms with Gasteiger partial charge in [0.15, 0.2) is 5.75 Å². The van der Waals surface area contributed by atoms with E-state index in [-0.39, 0.29) is 0 Å². The Labute approximate surface area is 115 Å². The van der Waals surface area contributed by atoms with Gasteiger partial charge in [-0.3, -0.25) is 0 Å². The average molecular weight is 271 g/mol. The maximum atomic E-state index is 5.85. The largest absolute Gasteiger partial charge is 0.437 e. The van der Waals surface area contributed by atoms with E-state index in [2.05, 4.69) is 9.97 Å². The van der Waals surface area contributed by atoms with Crippen LogP contribution in [-0.4, -0.2) is 9.97 Å². The summed E-state index contributed by atoms with van der Waals surface area (Å²) in [7, 11) is 0. The summed E-state index contributed by atoms with van der Waals surface area (Å²) in [5.41, 5.74) is 1.77. The molecule has 3 nitrogen and oxygen atoms in total. The van der Waals surface area contributed by atoms with Crippen molar-refractivity contribution in [2.45, 2.75) is 6.92 Å². The molecule has 0 saturated heterocycles. The van der Waals surface area contributed by atoms with Crippen LogP contribution in [0.4, 0.5) is 0 Å². The molecule has 0 fully saturated rings. The summed E-state index contributed by atoms with van der Waals surface area (Å²) in [5.74, 6) is 1.14. The van der Waals surface area contributed by atoms with Gasteiger partial charge in [-0.15, -0.1) is 0 Å². The second kappa shape index (κ2) is 4.86. The zero-order valence-electron chi connectivity index (χ0n) is 10.3. The van der Waals surface area contributed by atoms with Crippen molar-refractivity contribution in [3.05, 3.63) is 59.4 Å². The summed E-state index contributed by atoms with van der Waals surface area (Å²) in [6.07, 6.45) is 0. The van der Waals surface area contributed by atoms with Gasteiger partial charge >= 0.3 is 0 Å². The molecule has 0 unspecified atom stereocenters. The molecule has 0 aliphatic carbocycles. The number of aryl methyl sites for hydroxylation is 1. The molecule has 2 aromatic heterocycles. The van der Waals surface area contributed by atoms with E-state index in [0.717, 1.165) is 16.6 Å². The topological polar surface area (TPSA) is 35.0 Å². The molecule has 0 bridgehead atoms. The van der Waals surface area contributed by atoms with Gasteiger partial charge in [-0.05, 0) is 25.1 Å². The molecule has 0 aliphatic rings. The minimum absolute atomic E-state index is 0.405.